The number of methoxy groups -OCH3 is 1. The largest absolute Gasteiger partial charge is 0.465 e. The first kappa shape index (κ1) is 18.6. The van der Waals surface area contributed by atoms with Crippen LogP contribution in [0.4, 0.5) is 5.00 Å². The monoisotopic (exact) mass is 419 g/mol. The smallest absolute Gasteiger partial charge is 0.369 e. The van der Waals surface area contributed by atoms with Crippen molar-refractivity contribution in [3.8, 4) is 5.00 Å². The third-order valence-electron chi connectivity index (χ3n) is 4.46. The van der Waals surface area contributed by atoms with Gasteiger partial charge >= 0.3 is 11.7 Å². The van der Waals surface area contributed by atoms with Crippen LogP contribution in [0, 0.1) is 0 Å². The van der Waals surface area contributed by atoms with Crippen molar-refractivity contribution in [3.05, 3.63) is 44.0 Å². The number of amides is 1. The molecule has 0 saturated heterocycles. The van der Waals surface area contributed by atoms with Crippen LogP contribution in [0.5, 0.6) is 0 Å². The molecule has 1 aliphatic carbocycles. The van der Waals surface area contributed by atoms with Crippen LogP contribution in [-0.4, -0.2) is 38.8 Å². The maximum atomic E-state index is 12.5. The molecule has 0 atom stereocenters. The molecular formula is C17H17N5O4S2. The summed E-state index contributed by atoms with van der Waals surface area (Å²) < 4.78 is 7.03. The molecule has 4 rings (SSSR count). The molecule has 28 heavy (non-hydrogen) atoms. The number of anilines is 1. The Morgan fingerprint density at radius 1 is 1.29 bits per heavy atom. The summed E-state index contributed by atoms with van der Waals surface area (Å²) in [7, 11) is 1.32. The minimum absolute atomic E-state index is 0.298. The second-order valence-corrected chi connectivity index (χ2v) is 8.27. The highest BCUT2D eigenvalue weighted by Crippen LogP contribution is 2.38. The lowest BCUT2D eigenvalue weighted by Crippen LogP contribution is -2.29. The number of hydrogen-bond acceptors (Lipinski definition) is 8. The van der Waals surface area contributed by atoms with Gasteiger partial charge in [0.25, 0.3) is 0 Å². The van der Waals surface area contributed by atoms with Gasteiger partial charge < -0.3 is 10.1 Å². The van der Waals surface area contributed by atoms with Crippen molar-refractivity contribution < 1.29 is 14.3 Å². The molecular weight excluding hydrogens is 402 g/mol. The van der Waals surface area contributed by atoms with Crippen LogP contribution in [0.3, 0.4) is 0 Å². The summed E-state index contributed by atoms with van der Waals surface area (Å²) in [6.07, 6.45) is 3.74. The molecule has 11 heteroatoms. The number of ether oxygens (including phenoxy) is 1. The zero-order valence-corrected chi connectivity index (χ0v) is 16.6. The molecule has 3 aromatic heterocycles. The van der Waals surface area contributed by atoms with Crippen molar-refractivity contribution in [2.45, 2.75) is 32.2 Å². The topological polar surface area (TPSA) is 108 Å². The summed E-state index contributed by atoms with van der Waals surface area (Å²) in [4.78, 5) is 38.3. The zero-order chi connectivity index (χ0) is 19.7. The Bertz CT molecular complexity index is 1080. The fourth-order valence-corrected chi connectivity index (χ4v) is 5.14. The van der Waals surface area contributed by atoms with Crippen molar-refractivity contribution in [3.63, 3.8) is 0 Å². The minimum atomic E-state index is -0.503. The molecule has 0 radical (unpaired) electrons. The normalized spacial score (nSPS) is 13.2. The zero-order valence-electron chi connectivity index (χ0n) is 15.0. The SMILES string of the molecule is COC(=O)c1c(NC(=O)Cn2nnn(-c3cccs3)c2=O)sc2c1CCCC2. The van der Waals surface area contributed by atoms with E-state index >= 15 is 0 Å². The molecule has 3 aromatic rings. The Morgan fingerprint density at radius 3 is 2.86 bits per heavy atom. The van der Waals surface area contributed by atoms with Crippen LogP contribution in [0.25, 0.3) is 5.00 Å². The fourth-order valence-electron chi connectivity index (χ4n) is 3.18. The van der Waals surface area contributed by atoms with E-state index in [2.05, 4.69) is 15.7 Å². The molecule has 1 amide bonds. The lowest BCUT2D eigenvalue weighted by Gasteiger charge is -2.11. The van der Waals surface area contributed by atoms with E-state index in [4.69, 9.17) is 4.74 Å². The number of carbonyl (C=O) groups is 2. The van der Waals surface area contributed by atoms with Crippen molar-refractivity contribution in [1.29, 1.82) is 0 Å². The highest BCUT2D eigenvalue weighted by Gasteiger charge is 2.27. The van der Waals surface area contributed by atoms with Crippen molar-refractivity contribution in [2.24, 2.45) is 0 Å². The molecule has 0 unspecified atom stereocenters. The summed E-state index contributed by atoms with van der Waals surface area (Å²) in [5.41, 5.74) is 0.876. The molecule has 0 aromatic carbocycles. The minimum Gasteiger partial charge on any atom is -0.465 e. The number of nitrogens with one attached hydrogen (secondary N) is 1. The summed E-state index contributed by atoms with van der Waals surface area (Å²) in [6, 6.07) is 3.54. The summed E-state index contributed by atoms with van der Waals surface area (Å²) in [5, 5.41) is 13.2. The van der Waals surface area contributed by atoms with E-state index in [-0.39, 0.29) is 6.54 Å². The molecule has 0 saturated carbocycles. The van der Waals surface area contributed by atoms with Gasteiger partial charge in [0.1, 0.15) is 16.5 Å². The first-order valence-corrected chi connectivity index (χ1v) is 10.4. The number of esters is 1. The van der Waals surface area contributed by atoms with Crippen molar-refractivity contribution in [1.82, 2.24) is 19.8 Å². The molecule has 0 fully saturated rings. The third kappa shape index (κ3) is 3.38. The average Bonchev–Trinajstić information content (AvgIpc) is 3.40. The number of nitrogens with zero attached hydrogens (tertiary/aromatic N) is 4. The maximum Gasteiger partial charge on any atom is 0.369 e. The van der Waals surface area contributed by atoms with Gasteiger partial charge in [-0.1, -0.05) is 0 Å². The van der Waals surface area contributed by atoms with E-state index in [9.17, 15) is 14.4 Å². The standard InChI is InChI=1S/C17H17N5O4S2/c1-26-16(24)14-10-5-2-3-6-11(10)28-15(14)18-12(23)9-21-17(25)22(20-19-21)13-7-4-8-27-13/h4,7-8H,2-3,5-6,9H2,1H3,(H,18,23). The van der Waals surface area contributed by atoms with E-state index in [0.29, 0.717) is 15.6 Å². The van der Waals surface area contributed by atoms with Gasteiger partial charge in [-0.3, -0.25) is 4.79 Å². The average molecular weight is 419 g/mol. The van der Waals surface area contributed by atoms with Crippen LogP contribution in [0.2, 0.25) is 0 Å². The molecule has 3 heterocycles. The Labute approximate surface area is 167 Å². The predicted molar refractivity (Wildman–Crippen MR) is 104 cm³/mol. The van der Waals surface area contributed by atoms with E-state index in [1.807, 2.05) is 5.38 Å². The highest BCUT2D eigenvalue weighted by atomic mass is 32.1. The molecule has 0 spiro atoms. The second kappa shape index (κ2) is 7.68. The van der Waals surface area contributed by atoms with Crippen LogP contribution in [0.15, 0.2) is 22.3 Å². The Balaban J connectivity index is 1.56. The Morgan fingerprint density at radius 2 is 2.11 bits per heavy atom. The number of aromatic nitrogens is 4. The second-order valence-electron chi connectivity index (χ2n) is 6.24. The van der Waals surface area contributed by atoms with E-state index in [1.54, 1.807) is 12.1 Å². The Kier molecular flexibility index (Phi) is 5.09. The number of thiophene rings is 2. The van der Waals surface area contributed by atoms with Gasteiger partial charge in [0, 0.05) is 4.88 Å². The van der Waals surface area contributed by atoms with Crippen LogP contribution in [0.1, 0.15) is 33.6 Å². The summed E-state index contributed by atoms with van der Waals surface area (Å²) >= 11 is 2.74. The van der Waals surface area contributed by atoms with Gasteiger partial charge in [-0.05, 0) is 59.2 Å². The maximum absolute atomic E-state index is 12.5. The quantitative estimate of drug-likeness (QED) is 0.633. The van der Waals surface area contributed by atoms with Gasteiger partial charge in [-0.15, -0.1) is 22.7 Å². The van der Waals surface area contributed by atoms with E-state index in [0.717, 1.165) is 45.5 Å². The number of aryl methyl sites for hydroxylation is 1. The number of rotatable bonds is 5. The number of hydrogen-bond donors (Lipinski definition) is 1. The molecule has 1 aliphatic rings. The number of carbonyl (C=O) groups excluding carboxylic acids is 2. The lowest BCUT2D eigenvalue weighted by molar-refractivity contribution is -0.117. The third-order valence-corrected chi connectivity index (χ3v) is 6.51. The predicted octanol–water partition coefficient (Wildman–Crippen LogP) is 1.86. The number of tetrazole rings is 1. The molecule has 146 valence electrons. The van der Waals surface area contributed by atoms with Crippen LogP contribution >= 0.6 is 22.7 Å². The van der Waals surface area contributed by atoms with Crippen LogP contribution in [-0.2, 0) is 28.9 Å². The van der Waals surface area contributed by atoms with Crippen molar-refractivity contribution in [2.75, 3.05) is 12.4 Å². The highest BCUT2D eigenvalue weighted by molar-refractivity contribution is 7.17. The van der Waals surface area contributed by atoms with E-state index in [1.165, 1.54) is 29.8 Å². The van der Waals surface area contributed by atoms with Crippen LogP contribution < -0.4 is 11.0 Å². The van der Waals surface area contributed by atoms with E-state index < -0.39 is 17.6 Å². The molecule has 9 nitrogen and oxygen atoms in total. The van der Waals surface area contributed by atoms with Gasteiger partial charge in [0.05, 0.1) is 12.7 Å². The number of fused-ring (bicyclic) bond motifs is 1. The van der Waals surface area contributed by atoms with Crippen molar-refractivity contribution >= 4 is 39.6 Å². The lowest BCUT2D eigenvalue weighted by atomic mass is 9.95. The molecule has 1 N–H and O–H groups in total. The summed E-state index contributed by atoms with van der Waals surface area (Å²) in [6.45, 7) is -0.298. The molecule has 0 bridgehead atoms. The van der Waals surface area contributed by atoms with Gasteiger partial charge in [0.2, 0.25) is 5.91 Å². The van der Waals surface area contributed by atoms with Gasteiger partial charge in [0.15, 0.2) is 0 Å². The first-order valence-electron chi connectivity index (χ1n) is 8.68. The molecule has 0 aliphatic heterocycles. The van der Waals surface area contributed by atoms with Gasteiger partial charge in [-0.2, -0.15) is 9.36 Å². The first-order chi connectivity index (χ1) is 13.6. The fraction of sp³-hybridized carbons (Fsp3) is 0.353. The van der Waals surface area contributed by atoms with Gasteiger partial charge in [-0.25, -0.2) is 9.59 Å². The summed E-state index contributed by atoms with van der Waals surface area (Å²) in [5.74, 6) is -0.917. The Hall–Kier alpha value is -2.79.